The van der Waals surface area contributed by atoms with E-state index in [-0.39, 0.29) is 0 Å². The predicted octanol–water partition coefficient (Wildman–Crippen LogP) is 12.1. The summed E-state index contributed by atoms with van der Waals surface area (Å²) >= 11 is 0. The van der Waals surface area contributed by atoms with Crippen molar-refractivity contribution in [3.05, 3.63) is 187 Å². The van der Waals surface area contributed by atoms with Crippen LogP contribution in [-0.2, 0) is 6.42 Å². The van der Waals surface area contributed by atoms with E-state index in [4.69, 9.17) is 0 Å². The first-order chi connectivity index (χ1) is 25.8. The number of nitrogens with zero attached hydrogens (tertiary/aromatic N) is 4. The van der Waals surface area contributed by atoms with Gasteiger partial charge in [-0.15, -0.1) is 0 Å². The fraction of sp³-hybridized carbons (Fsp3) is 0.125. The van der Waals surface area contributed by atoms with Crippen LogP contribution in [-0.4, -0.2) is 23.0 Å². The minimum Gasteiger partial charge on any atom is -0.348 e. The first-order valence-electron chi connectivity index (χ1n) is 18.6. The van der Waals surface area contributed by atoms with Gasteiger partial charge in [-0.05, 0) is 64.4 Å². The molecule has 0 N–H and O–H groups in total. The average Bonchev–Trinajstić information content (AvgIpc) is 3.90. The van der Waals surface area contributed by atoms with Crippen molar-refractivity contribution in [2.24, 2.45) is 0 Å². The zero-order valence-electron chi connectivity index (χ0n) is 29.2. The van der Waals surface area contributed by atoms with Gasteiger partial charge in [-0.3, -0.25) is 10.0 Å². The lowest BCUT2D eigenvalue weighted by molar-refractivity contribution is 0.416. The van der Waals surface area contributed by atoms with E-state index in [0.29, 0.717) is 0 Å². The Morgan fingerprint density at radius 1 is 0.462 bits per heavy atom. The molecule has 0 spiro atoms. The molecule has 7 aromatic carbocycles. The molecule has 7 aromatic rings. The van der Waals surface area contributed by atoms with Crippen LogP contribution in [0.25, 0.3) is 38.4 Å². The van der Waals surface area contributed by atoms with Gasteiger partial charge >= 0.3 is 0 Å². The zero-order chi connectivity index (χ0) is 34.4. The summed E-state index contributed by atoms with van der Waals surface area (Å²) in [5.74, 6) is 0. The average molecular weight is 673 g/mol. The molecule has 2 heterocycles. The summed E-state index contributed by atoms with van der Waals surface area (Å²) in [5.41, 5.74) is 10.4. The molecular formula is C48H40N4. The highest BCUT2D eigenvalue weighted by Crippen LogP contribution is 2.44. The third kappa shape index (κ3) is 5.22. The quantitative estimate of drug-likeness (QED) is 0.167. The number of hydrogen-bond donors (Lipinski definition) is 0. The molecular weight excluding hydrogens is 633 g/mol. The molecule has 252 valence electrons. The van der Waals surface area contributed by atoms with Gasteiger partial charge in [0.25, 0.3) is 0 Å². The molecule has 4 nitrogen and oxygen atoms in total. The van der Waals surface area contributed by atoms with E-state index in [1.165, 1.54) is 77.6 Å². The van der Waals surface area contributed by atoms with E-state index in [2.05, 4.69) is 190 Å². The largest absolute Gasteiger partial charge is 0.348 e. The smallest absolute Gasteiger partial charge is 0.0711 e. The summed E-state index contributed by atoms with van der Waals surface area (Å²) in [4.78, 5) is 5.07. The van der Waals surface area contributed by atoms with Crippen LogP contribution < -0.4 is 9.91 Å². The predicted molar refractivity (Wildman–Crippen MR) is 219 cm³/mol. The van der Waals surface area contributed by atoms with Crippen molar-refractivity contribution in [3.8, 4) is 0 Å². The summed E-state index contributed by atoms with van der Waals surface area (Å²) in [6.45, 7) is 1.85. The Hall–Kier alpha value is -6.26. The minimum atomic E-state index is 0.896. The summed E-state index contributed by atoms with van der Waals surface area (Å²) in [5, 5.41) is 12.4. The Kier molecular flexibility index (Phi) is 7.53. The number of rotatable bonds is 7. The molecule has 0 saturated carbocycles. The van der Waals surface area contributed by atoms with Gasteiger partial charge in [-0.25, -0.2) is 0 Å². The van der Waals surface area contributed by atoms with E-state index in [0.717, 1.165) is 38.8 Å². The van der Waals surface area contributed by atoms with Crippen molar-refractivity contribution in [1.82, 2.24) is 9.91 Å². The number of hydrazine groups is 1. The van der Waals surface area contributed by atoms with Gasteiger partial charge in [-0.2, -0.15) is 0 Å². The molecule has 0 radical (unpaired) electrons. The highest BCUT2D eigenvalue weighted by molar-refractivity contribution is 6.01. The van der Waals surface area contributed by atoms with Crippen molar-refractivity contribution in [3.63, 3.8) is 0 Å². The van der Waals surface area contributed by atoms with Gasteiger partial charge in [0.05, 0.1) is 17.1 Å². The fourth-order valence-corrected chi connectivity index (χ4v) is 8.55. The second kappa shape index (κ2) is 12.8. The van der Waals surface area contributed by atoms with Gasteiger partial charge < -0.3 is 9.80 Å². The molecule has 0 atom stereocenters. The number of anilines is 4. The van der Waals surface area contributed by atoms with Crippen molar-refractivity contribution >= 4 is 61.1 Å². The van der Waals surface area contributed by atoms with E-state index < -0.39 is 0 Å². The summed E-state index contributed by atoms with van der Waals surface area (Å²) in [7, 11) is 0. The maximum absolute atomic E-state index is 2.56. The van der Waals surface area contributed by atoms with Crippen molar-refractivity contribution in [2.75, 3.05) is 23.0 Å². The van der Waals surface area contributed by atoms with Crippen molar-refractivity contribution in [1.29, 1.82) is 0 Å². The van der Waals surface area contributed by atoms with Gasteiger partial charge in [-0.1, -0.05) is 133 Å². The second-order valence-corrected chi connectivity index (χ2v) is 14.0. The van der Waals surface area contributed by atoms with Crippen molar-refractivity contribution < 1.29 is 0 Å². The summed E-state index contributed by atoms with van der Waals surface area (Å²) in [6.07, 6.45) is 13.5. The lowest BCUT2D eigenvalue weighted by Gasteiger charge is -2.35. The molecule has 0 bridgehead atoms. The molecule has 1 aliphatic carbocycles. The molecule has 4 heteroatoms. The van der Waals surface area contributed by atoms with Gasteiger partial charge in [0.1, 0.15) is 0 Å². The maximum Gasteiger partial charge on any atom is 0.0711 e. The van der Waals surface area contributed by atoms with Gasteiger partial charge in [0.15, 0.2) is 0 Å². The number of fused-ring (bicyclic) bond motifs is 4. The first kappa shape index (κ1) is 30.6. The first-order valence-corrected chi connectivity index (χ1v) is 18.6. The Bertz CT molecular complexity index is 2480. The van der Waals surface area contributed by atoms with E-state index in [9.17, 15) is 0 Å². The Labute approximate surface area is 305 Å². The van der Waals surface area contributed by atoms with Crippen LogP contribution in [0.15, 0.2) is 175 Å². The van der Waals surface area contributed by atoms with E-state index >= 15 is 0 Å². The van der Waals surface area contributed by atoms with Crippen LogP contribution in [0.2, 0.25) is 0 Å². The van der Waals surface area contributed by atoms with Crippen LogP contribution in [0.1, 0.15) is 30.4 Å². The maximum atomic E-state index is 2.56. The third-order valence-electron chi connectivity index (χ3n) is 11.0. The van der Waals surface area contributed by atoms with Crippen LogP contribution in [0.4, 0.5) is 22.7 Å². The zero-order valence-corrected chi connectivity index (χ0v) is 29.2. The number of benzene rings is 7. The van der Waals surface area contributed by atoms with Crippen molar-refractivity contribution in [2.45, 2.75) is 25.7 Å². The molecule has 10 rings (SSSR count). The highest BCUT2D eigenvalue weighted by Gasteiger charge is 2.30. The van der Waals surface area contributed by atoms with Crippen LogP contribution in [0.5, 0.6) is 0 Å². The Morgan fingerprint density at radius 3 is 1.69 bits per heavy atom. The van der Waals surface area contributed by atoms with Gasteiger partial charge in [0, 0.05) is 71.6 Å². The summed E-state index contributed by atoms with van der Waals surface area (Å²) < 4.78 is 0. The molecule has 0 amide bonds. The monoisotopic (exact) mass is 672 g/mol. The molecule has 0 fully saturated rings. The molecule has 0 unspecified atom stereocenters. The normalized spacial score (nSPS) is 15.3. The Balaban J connectivity index is 1.07. The minimum absolute atomic E-state index is 0.896. The highest BCUT2D eigenvalue weighted by atomic mass is 15.6. The Morgan fingerprint density at radius 2 is 1.02 bits per heavy atom. The van der Waals surface area contributed by atoms with Crippen LogP contribution >= 0.6 is 0 Å². The standard InChI is InChI=1S/C48H40N4/c1-5-21-41-35(13-1)17-9-25-45(41)51(46-26-10-18-36-14-2-6-22-42(36)46)40-29-31-49(33-40)39-30-32-50(34-39)52(47-27-11-19-37-15-3-7-23-43(37)47)48-28-12-20-38-16-4-8-24-44(38)48/h1-5,7-21,23-28,33-34H,6,22,29-32H2. The third-order valence-corrected chi connectivity index (χ3v) is 11.0. The number of hydrogen-bond acceptors (Lipinski definition) is 4. The molecule has 2 aliphatic heterocycles. The second-order valence-electron chi connectivity index (χ2n) is 14.0. The topological polar surface area (TPSA) is 13.0 Å². The van der Waals surface area contributed by atoms with Crippen LogP contribution in [0, 0.1) is 0 Å². The summed E-state index contributed by atoms with van der Waals surface area (Å²) in [6, 6.07) is 53.2. The molecule has 52 heavy (non-hydrogen) atoms. The fourth-order valence-electron chi connectivity index (χ4n) is 8.55. The lowest BCUT2D eigenvalue weighted by atomic mass is 9.94. The SMILES string of the molecule is C1=Cc2cccc(N(C3=CN(C4=CN(N(c5cccc6ccccc56)c5cccc6ccccc56)CC4)CC3)c3cccc4ccccc34)c2CC1. The molecule has 3 aliphatic rings. The van der Waals surface area contributed by atoms with E-state index in [1.807, 2.05) is 0 Å². The van der Waals surface area contributed by atoms with Crippen LogP contribution in [0.3, 0.4) is 0 Å². The molecule has 0 saturated heterocycles. The molecule has 0 aromatic heterocycles. The van der Waals surface area contributed by atoms with Gasteiger partial charge in [0.2, 0.25) is 0 Å². The van der Waals surface area contributed by atoms with E-state index in [1.54, 1.807) is 0 Å². The number of allylic oxidation sites excluding steroid dienone is 1. The lowest BCUT2D eigenvalue weighted by Crippen LogP contribution is -2.34.